The zero-order chi connectivity index (χ0) is 13.7. The summed E-state index contributed by atoms with van der Waals surface area (Å²) in [7, 11) is 1.21. The molecule has 0 fully saturated rings. The summed E-state index contributed by atoms with van der Waals surface area (Å²) < 4.78 is 33.4. The highest BCUT2D eigenvalue weighted by atomic mass is 79.9. The summed E-state index contributed by atoms with van der Waals surface area (Å²) >= 11 is 3.14. The normalized spacial score (nSPS) is 10.3. The molecule has 98 valence electrons. The van der Waals surface area contributed by atoms with Gasteiger partial charge >= 0.3 is 12.6 Å². The minimum absolute atomic E-state index is 0.0317. The number of hydrogen-bond donors (Lipinski definition) is 0. The number of carbonyl (C=O) groups is 2. The van der Waals surface area contributed by atoms with E-state index < -0.39 is 12.6 Å². The van der Waals surface area contributed by atoms with Crippen molar-refractivity contribution < 1.29 is 27.8 Å². The maximum atomic E-state index is 12.2. The van der Waals surface area contributed by atoms with Crippen molar-refractivity contribution in [3.05, 3.63) is 27.7 Å². The van der Waals surface area contributed by atoms with Crippen LogP contribution in [-0.4, -0.2) is 26.0 Å². The van der Waals surface area contributed by atoms with Gasteiger partial charge in [-0.1, -0.05) is 15.9 Å². The Hall–Kier alpha value is -1.50. The van der Waals surface area contributed by atoms with E-state index in [-0.39, 0.29) is 17.7 Å². The molecule has 7 heteroatoms. The molecular weight excluding hydrogens is 314 g/mol. The molecule has 0 spiro atoms. The van der Waals surface area contributed by atoms with Crippen molar-refractivity contribution in [1.29, 1.82) is 0 Å². The fourth-order valence-corrected chi connectivity index (χ4v) is 1.77. The number of rotatable bonds is 5. The van der Waals surface area contributed by atoms with Crippen LogP contribution in [0.3, 0.4) is 0 Å². The predicted octanol–water partition coefficient (Wildman–Crippen LogP) is 2.58. The highest BCUT2D eigenvalue weighted by Gasteiger charge is 2.15. The Morgan fingerprint density at radius 1 is 1.50 bits per heavy atom. The van der Waals surface area contributed by atoms with Crippen LogP contribution < -0.4 is 4.74 Å². The van der Waals surface area contributed by atoms with E-state index in [2.05, 4.69) is 25.4 Å². The van der Waals surface area contributed by atoms with Crippen LogP contribution in [0, 0.1) is 0 Å². The molecule has 0 saturated heterocycles. The molecule has 0 saturated carbocycles. The SMILES string of the molecule is COC(=O)Cc1cc(OC(F)F)c(C=O)cc1Br. The van der Waals surface area contributed by atoms with Gasteiger partial charge in [-0.25, -0.2) is 0 Å². The van der Waals surface area contributed by atoms with Gasteiger partial charge in [0.25, 0.3) is 0 Å². The fraction of sp³-hybridized carbons (Fsp3) is 0.273. The molecule has 0 N–H and O–H groups in total. The van der Waals surface area contributed by atoms with Crippen LogP contribution in [-0.2, 0) is 16.0 Å². The van der Waals surface area contributed by atoms with Crippen LogP contribution in [0.4, 0.5) is 8.78 Å². The molecule has 0 aliphatic carbocycles. The first kappa shape index (κ1) is 14.6. The summed E-state index contributed by atoms with van der Waals surface area (Å²) in [6, 6.07) is 2.51. The molecule has 0 atom stereocenters. The van der Waals surface area contributed by atoms with Crippen molar-refractivity contribution in [2.75, 3.05) is 7.11 Å². The van der Waals surface area contributed by atoms with Crippen LogP contribution in [0.25, 0.3) is 0 Å². The Morgan fingerprint density at radius 3 is 2.67 bits per heavy atom. The Balaban J connectivity index is 3.12. The van der Waals surface area contributed by atoms with Gasteiger partial charge in [0.15, 0.2) is 6.29 Å². The third kappa shape index (κ3) is 3.76. The Kier molecular flexibility index (Phi) is 5.21. The van der Waals surface area contributed by atoms with Crippen LogP contribution in [0.15, 0.2) is 16.6 Å². The third-order valence-corrected chi connectivity index (χ3v) is 2.82. The second kappa shape index (κ2) is 6.44. The highest BCUT2D eigenvalue weighted by molar-refractivity contribution is 9.10. The van der Waals surface area contributed by atoms with Gasteiger partial charge < -0.3 is 9.47 Å². The monoisotopic (exact) mass is 322 g/mol. The second-order valence-corrected chi connectivity index (χ2v) is 4.09. The van der Waals surface area contributed by atoms with Gasteiger partial charge in [-0.2, -0.15) is 8.78 Å². The van der Waals surface area contributed by atoms with Crippen LogP contribution in [0.5, 0.6) is 5.75 Å². The molecule has 1 aromatic carbocycles. The number of aldehydes is 1. The van der Waals surface area contributed by atoms with Crippen molar-refractivity contribution in [2.45, 2.75) is 13.0 Å². The van der Waals surface area contributed by atoms with Gasteiger partial charge in [0.1, 0.15) is 5.75 Å². The number of halogens is 3. The lowest BCUT2D eigenvalue weighted by Crippen LogP contribution is -2.08. The molecule has 0 amide bonds. The largest absolute Gasteiger partial charge is 0.469 e. The molecule has 4 nitrogen and oxygen atoms in total. The predicted molar refractivity (Wildman–Crippen MR) is 61.9 cm³/mol. The Bertz CT molecular complexity index is 463. The van der Waals surface area contributed by atoms with Crippen LogP contribution in [0.1, 0.15) is 15.9 Å². The number of ether oxygens (including phenoxy) is 2. The third-order valence-electron chi connectivity index (χ3n) is 2.08. The average Bonchev–Trinajstić information content (AvgIpc) is 2.32. The standard InChI is InChI=1S/C11H9BrF2O4/c1-17-10(16)4-6-3-9(18-11(13)14)7(5-15)2-8(6)12/h2-3,5,11H,4H2,1H3. The summed E-state index contributed by atoms with van der Waals surface area (Å²) in [6.45, 7) is -3.05. The van der Waals surface area contributed by atoms with Crippen molar-refractivity contribution in [2.24, 2.45) is 0 Å². The van der Waals surface area contributed by atoms with E-state index in [4.69, 9.17) is 0 Å². The van der Waals surface area contributed by atoms with E-state index in [1.165, 1.54) is 19.2 Å². The van der Waals surface area contributed by atoms with Gasteiger partial charge in [0.2, 0.25) is 0 Å². The summed E-state index contributed by atoms with van der Waals surface area (Å²) in [5.41, 5.74) is 0.360. The lowest BCUT2D eigenvalue weighted by atomic mass is 10.1. The zero-order valence-electron chi connectivity index (χ0n) is 9.28. The van der Waals surface area contributed by atoms with Crippen molar-refractivity contribution in [1.82, 2.24) is 0 Å². The van der Waals surface area contributed by atoms with E-state index >= 15 is 0 Å². The molecule has 0 bridgehead atoms. The van der Waals surface area contributed by atoms with Crippen LogP contribution in [0.2, 0.25) is 0 Å². The molecule has 1 rings (SSSR count). The van der Waals surface area contributed by atoms with Gasteiger partial charge in [-0.05, 0) is 17.7 Å². The summed E-state index contributed by atoms with van der Waals surface area (Å²) in [6.07, 6.45) is 0.278. The number of hydrogen-bond acceptors (Lipinski definition) is 4. The summed E-state index contributed by atoms with van der Waals surface area (Å²) in [5.74, 6) is -0.806. The van der Waals surface area contributed by atoms with Crippen LogP contribution >= 0.6 is 15.9 Å². The summed E-state index contributed by atoms with van der Waals surface area (Å²) in [5, 5.41) is 0. The molecule has 0 aliphatic heterocycles. The number of carbonyl (C=O) groups excluding carboxylic acids is 2. The Morgan fingerprint density at radius 2 is 2.17 bits per heavy atom. The van der Waals surface area contributed by atoms with Crippen molar-refractivity contribution in [3.63, 3.8) is 0 Å². The Labute approximate surface area is 110 Å². The van der Waals surface area contributed by atoms with Gasteiger partial charge in [-0.3, -0.25) is 9.59 Å². The summed E-state index contributed by atoms with van der Waals surface area (Å²) in [4.78, 5) is 21.8. The molecule has 0 radical (unpaired) electrons. The average molecular weight is 323 g/mol. The first-order chi connectivity index (χ1) is 8.47. The fourth-order valence-electron chi connectivity index (χ4n) is 1.26. The molecule has 0 heterocycles. The topological polar surface area (TPSA) is 52.6 Å². The van der Waals surface area contributed by atoms with Crippen molar-refractivity contribution >= 4 is 28.2 Å². The van der Waals surface area contributed by atoms with Gasteiger partial charge in [0, 0.05) is 4.47 Å². The van der Waals surface area contributed by atoms with Gasteiger partial charge in [-0.15, -0.1) is 0 Å². The number of methoxy groups -OCH3 is 1. The molecule has 1 aromatic rings. The molecule has 18 heavy (non-hydrogen) atoms. The number of benzene rings is 1. The van der Waals surface area contributed by atoms with E-state index in [0.29, 0.717) is 16.3 Å². The van der Waals surface area contributed by atoms with E-state index in [1.807, 2.05) is 0 Å². The van der Waals surface area contributed by atoms with Crippen molar-refractivity contribution in [3.8, 4) is 5.75 Å². The molecule has 0 aliphatic rings. The molecular formula is C11H9BrF2O4. The first-order valence-electron chi connectivity index (χ1n) is 4.77. The lowest BCUT2D eigenvalue weighted by molar-refractivity contribution is -0.139. The maximum Gasteiger partial charge on any atom is 0.387 e. The minimum Gasteiger partial charge on any atom is -0.469 e. The second-order valence-electron chi connectivity index (χ2n) is 3.23. The smallest absolute Gasteiger partial charge is 0.387 e. The van der Waals surface area contributed by atoms with E-state index in [0.717, 1.165) is 0 Å². The zero-order valence-corrected chi connectivity index (χ0v) is 10.9. The molecule has 0 aromatic heterocycles. The lowest BCUT2D eigenvalue weighted by Gasteiger charge is -2.10. The maximum absolute atomic E-state index is 12.2. The quantitative estimate of drug-likeness (QED) is 0.617. The number of alkyl halides is 2. The van der Waals surface area contributed by atoms with E-state index in [1.54, 1.807) is 0 Å². The number of esters is 1. The highest BCUT2D eigenvalue weighted by Crippen LogP contribution is 2.28. The first-order valence-corrected chi connectivity index (χ1v) is 5.56. The van der Waals surface area contributed by atoms with E-state index in [9.17, 15) is 18.4 Å². The minimum atomic E-state index is -3.05. The molecule has 0 unspecified atom stereocenters. The van der Waals surface area contributed by atoms with Gasteiger partial charge in [0.05, 0.1) is 19.1 Å².